The molecular weight excluding hydrogens is 428 g/mol. The highest BCUT2D eigenvalue weighted by Gasteiger charge is 2.61. The lowest BCUT2D eigenvalue weighted by molar-refractivity contribution is -0.201. The molecule has 0 saturated carbocycles. The summed E-state index contributed by atoms with van der Waals surface area (Å²) in [6.45, 7) is 5.34. The molecule has 0 bridgehead atoms. The molecule has 0 aliphatic carbocycles. The predicted octanol–water partition coefficient (Wildman–Crippen LogP) is 1.84. The molecule has 33 heavy (non-hydrogen) atoms. The summed E-state index contributed by atoms with van der Waals surface area (Å²) in [5, 5.41) is 1.44. The zero-order valence-electron chi connectivity index (χ0n) is 18.6. The van der Waals surface area contributed by atoms with Crippen LogP contribution in [0, 0.1) is 5.92 Å². The SMILES string of the molecule is CC(C)C(C(=O)ON1C(=O)CCC1=O)N1C(=O)N2CCc3c([nH]c4ccccc34)C2(C)C1=O. The van der Waals surface area contributed by atoms with Gasteiger partial charge in [0.25, 0.3) is 17.7 Å². The van der Waals surface area contributed by atoms with Gasteiger partial charge in [-0.3, -0.25) is 14.4 Å². The minimum Gasteiger partial charge on any atom is -0.356 e. The summed E-state index contributed by atoms with van der Waals surface area (Å²) in [6.07, 6.45) is 0.472. The maximum atomic E-state index is 13.8. The number of H-pyrrole nitrogens is 1. The summed E-state index contributed by atoms with van der Waals surface area (Å²) >= 11 is 0. The van der Waals surface area contributed by atoms with Gasteiger partial charge in [-0.2, -0.15) is 0 Å². The summed E-state index contributed by atoms with van der Waals surface area (Å²) in [5.41, 5.74) is 1.17. The number of hydroxylamine groups is 2. The van der Waals surface area contributed by atoms with Gasteiger partial charge in [-0.05, 0) is 30.9 Å². The first kappa shape index (κ1) is 21.2. The molecule has 5 amide bonds. The Kier molecular flexibility index (Phi) is 4.59. The number of carbonyl (C=O) groups excluding carboxylic acids is 5. The first-order valence-electron chi connectivity index (χ1n) is 11.0. The third-order valence-corrected chi connectivity index (χ3v) is 6.84. The van der Waals surface area contributed by atoms with Crippen LogP contribution in [-0.2, 0) is 36.0 Å². The lowest BCUT2D eigenvalue weighted by Crippen LogP contribution is -2.52. The molecule has 4 heterocycles. The van der Waals surface area contributed by atoms with E-state index in [1.807, 2.05) is 24.3 Å². The van der Waals surface area contributed by atoms with Gasteiger partial charge in [0.1, 0.15) is 6.04 Å². The number of amides is 5. The van der Waals surface area contributed by atoms with E-state index in [4.69, 9.17) is 4.84 Å². The van der Waals surface area contributed by atoms with E-state index in [-0.39, 0.29) is 12.8 Å². The van der Waals surface area contributed by atoms with E-state index in [0.29, 0.717) is 23.7 Å². The zero-order valence-corrected chi connectivity index (χ0v) is 18.6. The molecule has 2 aromatic rings. The second kappa shape index (κ2) is 7.16. The summed E-state index contributed by atoms with van der Waals surface area (Å²) < 4.78 is 0. The van der Waals surface area contributed by atoms with Crippen LogP contribution in [0.25, 0.3) is 10.9 Å². The lowest BCUT2D eigenvalue weighted by atomic mass is 9.86. The van der Waals surface area contributed by atoms with Crippen LogP contribution < -0.4 is 0 Å². The molecule has 10 nitrogen and oxygen atoms in total. The van der Waals surface area contributed by atoms with Crippen molar-refractivity contribution in [2.75, 3.05) is 6.54 Å². The number of nitrogens with one attached hydrogen (secondary N) is 1. The van der Waals surface area contributed by atoms with E-state index < -0.39 is 47.2 Å². The molecule has 10 heteroatoms. The summed E-state index contributed by atoms with van der Waals surface area (Å²) in [6, 6.07) is 5.82. The van der Waals surface area contributed by atoms with Gasteiger partial charge in [-0.25, -0.2) is 14.5 Å². The monoisotopic (exact) mass is 452 g/mol. The van der Waals surface area contributed by atoms with Crippen LogP contribution in [-0.4, -0.2) is 62.2 Å². The van der Waals surface area contributed by atoms with Crippen molar-refractivity contribution in [1.29, 1.82) is 0 Å². The van der Waals surface area contributed by atoms with Crippen LogP contribution in [0.15, 0.2) is 24.3 Å². The Morgan fingerprint density at radius 2 is 1.73 bits per heavy atom. The number of nitrogens with zero attached hydrogens (tertiary/aromatic N) is 3. The van der Waals surface area contributed by atoms with Crippen molar-refractivity contribution in [2.45, 2.75) is 51.6 Å². The van der Waals surface area contributed by atoms with E-state index in [1.165, 1.54) is 4.90 Å². The Morgan fingerprint density at radius 1 is 1.06 bits per heavy atom. The number of hydrogen-bond donors (Lipinski definition) is 1. The molecule has 1 N–H and O–H groups in total. The number of carbonyl (C=O) groups is 5. The van der Waals surface area contributed by atoms with E-state index in [0.717, 1.165) is 21.4 Å². The van der Waals surface area contributed by atoms with Gasteiger partial charge in [0.15, 0.2) is 5.54 Å². The maximum Gasteiger partial charge on any atom is 0.356 e. The minimum atomic E-state index is -1.31. The van der Waals surface area contributed by atoms with Crippen LogP contribution in [0.1, 0.15) is 44.9 Å². The third kappa shape index (κ3) is 2.82. The molecule has 2 atom stereocenters. The fourth-order valence-electron chi connectivity index (χ4n) is 5.14. The molecule has 3 aliphatic rings. The molecule has 1 aromatic heterocycles. The van der Waals surface area contributed by atoms with Crippen LogP contribution >= 0.6 is 0 Å². The van der Waals surface area contributed by atoms with E-state index in [2.05, 4.69) is 4.98 Å². The van der Waals surface area contributed by atoms with Crippen LogP contribution in [0.3, 0.4) is 0 Å². The minimum absolute atomic E-state index is 0.0466. The Morgan fingerprint density at radius 3 is 2.39 bits per heavy atom. The number of hydrogen-bond acceptors (Lipinski definition) is 6. The molecule has 2 unspecified atom stereocenters. The molecule has 5 rings (SSSR count). The number of fused-ring (bicyclic) bond motifs is 5. The lowest BCUT2D eigenvalue weighted by Gasteiger charge is -2.36. The number of urea groups is 1. The Labute approximate surface area is 189 Å². The van der Waals surface area contributed by atoms with Gasteiger partial charge >= 0.3 is 12.0 Å². The number of aromatic nitrogens is 1. The first-order valence-corrected chi connectivity index (χ1v) is 11.0. The van der Waals surface area contributed by atoms with Crippen molar-refractivity contribution >= 4 is 40.6 Å². The van der Waals surface area contributed by atoms with Crippen LogP contribution in [0.4, 0.5) is 4.79 Å². The molecule has 2 saturated heterocycles. The highest BCUT2D eigenvalue weighted by molar-refractivity contribution is 6.11. The quantitative estimate of drug-likeness (QED) is 0.558. The first-order chi connectivity index (χ1) is 15.7. The Balaban J connectivity index is 1.53. The average molecular weight is 452 g/mol. The highest BCUT2D eigenvalue weighted by Crippen LogP contribution is 2.45. The number of para-hydroxylation sites is 1. The Hall–Kier alpha value is -3.69. The standard InChI is InChI=1S/C23H24N4O6/c1-12(2)18(20(30)33-27-16(28)8-9-17(27)29)26-21(31)23(3)19-14(10-11-25(23)22(26)32)13-6-4-5-7-15(13)24-19/h4-7,12,18,24H,8-11H2,1-3H3. The van der Waals surface area contributed by atoms with Crippen LogP contribution in [0.2, 0.25) is 0 Å². The smallest absolute Gasteiger partial charge is 0.356 e. The fourth-order valence-corrected chi connectivity index (χ4v) is 5.14. The van der Waals surface area contributed by atoms with E-state index in [1.54, 1.807) is 20.8 Å². The second-order valence-electron chi connectivity index (χ2n) is 9.14. The summed E-state index contributed by atoms with van der Waals surface area (Å²) in [4.78, 5) is 75.0. The molecule has 1 aromatic carbocycles. The van der Waals surface area contributed by atoms with Crippen LogP contribution in [0.5, 0.6) is 0 Å². The zero-order chi connectivity index (χ0) is 23.7. The number of rotatable bonds is 4. The number of imide groups is 2. The highest BCUT2D eigenvalue weighted by atomic mass is 16.7. The van der Waals surface area contributed by atoms with Gasteiger partial charge < -0.3 is 14.7 Å². The third-order valence-electron chi connectivity index (χ3n) is 6.84. The van der Waals surface area contributed by atoms with Gasteiger partial charge in [-0.15, -0.1) is 5.06 Å². The summed E-state index contributed by atoms with van der Waals surface area (Å²) in [5.74, 6) is -3.29. The number of aromatic amines is 1. The van der Waals surface area contributed by atoms with Gasteiger partial charge in [0, 0.05) is 30.3 Å². The van der Waals surface area contributed by atoms with Crippen molar-refractivity contribution in [1.82, 2.24) is 19.8 Å². The van der Waals surface area contributed by atoms with Gasteiger partial charge in [0.2, 0.25) is 0 Å². The Bertz CT molecular complexity index is 1220. The van der Waals surface area contributed by atoms with Crippen molar-refractivity contribution < 1.29 is 28.8 Å². The predicted molar refractivity (Wildman–Crippen MR) is 114 cm³/mol. The van der Waals surface area contributed by atoms with E-state index >= 15 is 0 Å². The summed E-state index contributed by atoms with van der Waals surface area (Å²) in [7, 11) is 0. The average Bonchev–Trinajstić information content (AvgIpc) is 3.37. The fraction of sp³-hybridized carbons (Fsp3) is 0.435. The van der Waals surface area contributed by atoms with E-state index in [9.17, 15) is 24.0 Å². The largest absolute Gasteiger partial charge is 0.356 e. The molecule has 0 radical (unpaired) electrons. The molecule has 2 fully saturated rings. The second-order valence-corrected chi connectivity index (χ2v) is 9.14. The van der Waals surface area contributed by atoms with Crippen molar-refractivity contribution in [3.8, 4) is 0 Å². The molecular formula is C23H24N4O6. The maximum absolute atomic E-state index is 13.8. The van der Waals surface area contributed by atoms with Crippen molar-refractivity contribution in [3.63, 3.8) is 0 Å². The van der Waals surface area contributed by atoms with Crippen molar-refractivity contribution in [2.24, 2.45) is 5.92 Å². The molecule has 172 valence electrons. The molecule has 3 aliphatic heterocycles. The topological polar surface area (TPSA) is 120 Å². The normalized spacial score (nSPS) is 23.6. The number of benzene rings is 1. The molecule has 0 spiro atoms. The van der Waals surface area contributed by atoms with Gasteiger partial charge in [0.05, 0.1) is 5.69 Å². The van der Waals surface area contributed by atoms with Gasteiger partial charge in [-0.1, -0.05) is 32.0 Å². The van der Waals surface area contributed by atoms with Crippen molar-refractivity contribution in [3.05, 3.63) is 35.5 Å².